The number of nitrogens with zero attached hydrogens (tertiary/aromatic N) is 1. The Balaban J connectivity index is 1.77. The number of ether oxygens (including phenoxy) is 1. The van der Waals surface area contributed by atoms with Gasteiger partial charge in [0, 0.05) is 23.6 Å². The summed E-state index contributed by atoms with van der Waals surface area (Å²) in [5.41, 5.74) is 7.67. The second-order valence-electron chi connectivity index (χ2n) is 8.18. The third-order valence-electron chi connectivity index (χ3n) is 6.57. The number of benzene rings is 3. The van der Waals surface area contributed by atoms with Gasteiger partial charge in [0.05, 0.1) is 18.5 Å². The van der Waals surface area contributed by atoms with E-state index < -0.39 is 5.97 Å². The smallest absolute Gasteiger partial charge is 0.307 e. The molecule has 4 heteroatoms. The summed E-state index contributed by atoms with van der Waals surface area (Å²) in [7, 11) is 0. The number of aliphatic carboxylic acids is 1. The third kappa shape index (κ3) is 2.46. The van der Waals surface area contributed by atoms with Crippen molar-refractivity contribution in [2.24, 2.45) is 0 Å². The number of carboxylic acids is 1. The molecule has 148 valence electrons. The highest BCUT2D eigenvalue weighted by Crippen LogP contribution is 2.45. The van der Waals surface area contributed by atoms with E-state index in [4.69, 9.17) is 9.72 Å². The van der Waals surface area contributed by atoms with Crippen LogP contribution in [0.1, 0.15) is 28.7 Å². The van der Waals surface area contributed by atoms with Crippen molar-refractivity contribution in [3.05, 3.63) is 70.9 Å². The van der Waals surface area contributed by atoms with E-state index in [1.165, 1.54) is 22.1 Å². The zero-order chi connectivity index (χ0) is 20.2. The molecular weight excluding hydrogens is 374 g/mol. The molecule has 0 spiro atoms. The molecule has 1 N–H and O–H groups in total. The fourth-order valence-corrected chi connectivity index (χ4v) is 5.41. The van der Waals surface area contributed by atoms with Gasteiger partial charge in [-0.25, -0.2) is 0 Å². The van der Waals surface area contributed by atoms with Crippen molar-refractivity contribution in [1.82, 2.24) is 4.98 Å². The van der Waals surface area contributed by atoms with Crippen molar-refractivity contribution in [2.45, 2.75) is 32.1 Å². The summed E-state index contributed by atoms with van der Waals surface area (Å²) in [6.45, 7) is 0.678. The molecule has 6 rings (SSSR count). The van der Waals surface area contributed by atoms with Crippen LogP contribution in [0.25, 0.3) is 32.8 Å². The Hall–Kier alpha value is -3.40. The summed E-state index contributed by atoms with van der Waals surface area (Å²) in [5, 5.41) is 13.2. The lowest BCUT2D eigenvalue weighted by Gasteiger charge is -2.22. The molecule has 3 aromatic carbocycles. The molecule has 0 amide bonds. The summed E-state index contributed by atoms with van der Waals surface area (Å²) >= 11 is 0. The average Bonchev–Trinajstić information content (AvgIpc) is 3.25. The van der Waals surface area contributed by atoms with E-state index in [0.29, 0.717) is 6.61 Å². The highest BCUT2D eigenvalue weighted by molar-refractivity contribution is 6.09. The van der Waals surface area contributed by atoms with Gasteiger partial charge >= 0.3 is 5.97 Å². The van der Waals surface area contributed by atoms with Gasteiger partial charge in [-0.3, -0.25) is 9.78 Å². The standard InChI is InChI=1S/C26H21NO3/c28-23(29)14-21-18-7-3-6-16(18)17-4-1-2-5-19(17)25(21)20-8-9-22-24-15(11-13-30-22)10-12-27-26(20)24/h1-2,4-5,8-10,12H,3,6-7,11,13-14H2,(H,28,29). The van der Waals surface area contributed by atoms with Crippen molar-refractivity contribution in [3.8, 4) is 16.9 Å². The minimum atomic E-state index is -0.792. The van der Waals surface area contributed by atoms with Crippen LogP contribution >= 0.6 is 0 Å². The Morgan fingerprint density at radius 3 is 2.70 bits per heavy atom. The SMILES string of the molecule is O=C(O)Cc1c2c(c3ccccc3c1-c1ccc3c4c(ccnc14)CCO3)CCC2. The number of fused-ring (bicyclic) bond motifs is 3. The number of carbonyl (C=O) groups is 1. The molecule has 0 saturated heterocycles. The summed E-state index contributed by atoms with van der Waals surface area (Å²) in [4.78, 5) is 16.6. The van der Waals surface area contributed by atoms with Gasteiger partial charge in [0.15, 0.2) is 0 Å². The van der Waals surface area contributed by atoms with Crippen molar-refractivity contribution >= 4 is 27.6 Å². The third-order valence-corrected chi connectivity index (χ3v) is 6.57. The fourth-order valence-electron chi connectivity index (χ4n) is 5.41. The van der Waals surface area contributed by atoms with Crippen LogP contribution in [0.5, 0.6) is 5.75 Å². The van der Waals surface area contributed by atoms with Gasteiger partial charge < -0.3 is 9.84 Å². The molecule has 2 aliphatic rings. The van der Waals surface area contributed by atoms with Gasteiger partial charge in [0.2, 0.25) is 0 Å². The molecule has 0 atom stereocenters. The normalized spacial score (nSPS) is 14.7. The van der Waals surface area contributed by atoms with Crippen LogP contribution in [0, 0.1) is 0 Å². The van der Waals surface area contributed by atoms with Crippen LogP contribution in [-0.4, -0.2) is 22.7 Å². The first-order chi connectivity index (χ1) is 14.7. The maximum atomic E-state index is 11.9. The van der Waals surface area contributed by atoms with E-state index in [-0.39, 0.29) is 6.42 Å². The molecule has 0 radical (unpaired) electrons. The lowest BCUT2D eigenvalue weighted by Crippen LogP contribution is -2.10. The summed E-state index contributed by atoms with van der Waals surface area (Å²) in [5.74, 6) is 0.0769. The monoisotopic (exact) mass is 395 g/mol. The van der Waals surface area contributed by atoms with E-state index in [1.807, 2.05) is 18.3 Å². The Kier molecular flexibility index (Phi) is 3.82. The number of rotatable bonds is 3. The van der Waals surface area contributed by atoms with Crippen molar-refractivity contribution in [1.29, 1.82) is 0 Å². The molecule has 0 bridgehead atoms. The van der Waals surface area contributed by atoms with Crippen LogP contribution < -0.4 is 4.74 Å². The molecule has 0 fully saturated rings. The topological polar surface area (TPSA) is 59.4 Å². The minimum Gasteiger partial charge on any atom is -0.493 e. The van der Waals surface area contributed by atoms with Crippen molar-refractivity contribution in [3.63, 3.8) is 0 Å². The Bertz CT molecular complexity index is 1350. The van der Waals surface area contributed by atoms with Gasteiger partial charge in [-0.2, -0.15) is 0 Å². The first-order valence-electron chi connectivity index (χ1n) is 10.5. The predicted octanol–water partition coefficient (Wildman–Crippen LogP) is 5.11. The van der Waals surface area contributed by atoms with Crippen molar-refractivity contribution in [2.75, 3.05) is 6.61 Å². The zero-order valence-electron chi connectivity index (χ0n) is 16.6. The Morgan fingerprint density at radius 2 is 1.83 bits per heavy atom. The number of carboxylic acid groups (broad SMARTS) is 1. The molecule has 2 heterocycles. The number of aromatic nitrogens is 1. The van der Waals surface area contributed by atoms with E-state index in [2.05, 4.69) is 30.3 Å². The van der Waals surface area contributed by atoms with Crippen molar-refractivity contribution < 1.29 is 14.6 Å². The molecule has 1 aromatic heterocycles. The number of hydrogen-bond donors (Lipinski definition) is 1. The van der Waals surface area contributed by atoms with E-state index in [0.717, 1.165) is 64.4 Å². The van der Waals surface area contributed by atoms with Gasteiger partial charge in [-0.1, -0.05) is 24.3 Å². The Labute approximate surface area is 174 Å². The van der Waals surface area contributed by atoms with Crippen LogP contribution in [0.3, 0.4) is 0 Å². The second kappa shape index (κ2) is 6.56. The summed E-state index contributed by atoms with van der Waals surface area (Å²) in [6, 6.07) is 14.6. The fraction of sp³-hybridized carbons (Fsp3) is 0.231. The van der Waals surface area contributed by atoms with Crippen LogP contribution in [0.15, 0.2) is 48.7 Å². The maximum Gasteiger partial charge on any atom is 0.307 e. The first-order valence-corrected chi connectivity index (χ1v) is 10.5. The van der Waals surface area contributed by atoms with Gasteiger partial charge in [0.25, 0.3) is 0 Å². The maximum absolute atomic E-state index is 11.9. The molecule has 1 aliphatic heterocycles. The highest BCUT2D eigenvalue weighted by atomic mass is 16.5. The Morgan fingerprint density at radius 1 is 1.00 bits per heavy atom. The number of aryl methyl sites for hydroxylation is 1. The summed E-state index contributed by atoms with van der Waals surface area (Å²) in [6.07, 6.45) is 5.78. The zero-order valence-corrected chi connectivity index (χ0v) is 16.6. The largest absolute Gasteiger partial charge is 0.493 e. The minimum absolute atomic E-state index is 0.0297. The average molecular weight is 395 g/mol. The number of pyridine rings is 1. The van der Waals surface area contributed by atoms with Crippen LogP contribution in [0.4, 0.5) is 0 Å². The molecule has 0 unspecified atom stereocenters. The molecule has 0 saturated carbocycles. The lowest BCUT2D eigenvalue weighted by atomic mass is 9.84. The van der Waals surface area contributed by atoms with Gasteiger partial charge in [-0.15, -0.1) is 0 Å². The summed E-state index contributed by atoms with van der Waals surface area (Å²) < 4.78 is 5.91. The van der Waals surface area contributed by atoms with E-state index in [9.17, 15) is 9.90 Å². The lowest BCUT2D eigenvalue weighted by molar-refractivity contribution is -0.136. The first kappa shape index (κ1) is 17.5. The van der Waals surface area contributed by atoms with Gasteiger partial charge in [0.1, 0.15) is 5.75 Å². The molecule has 4 nitrogen and oxygen atoms in total. The van der Waals surface area contributed by atoms with E-state index >= 15 is 0 Å². The van der Waals surface area contributed by atoms with Crippen LogP contribution in [-0.2, 0) is 30.5 Å². The van der Waals surface area contributed by atoms with Gasteiger partial charge in [-0.05, 0) is 76.1 Å². The van der Waals surface area contributed by atoms with Crippen LogP contribution in [0.2, 0.25) is 0 Å². The predicted molar refractivity (Wildman–Crippen MR) is 117 cm³/mol. The molecular formula is C26H21NO3. The quantitative estimate of drug-likeness (QED) is 0.524. The molecule has 4 aromatic rings. The molecule has 30 heavy (non-hydrogen) atoms. The number of hydrogen-bond acceptors (Lipinski definition) is 3. The van der Waals surface area contributed by atoms with E-state index in [1.54, 1.807) is 0 Å². The highest BCUT2D eigenvalue weighted by Gasteiger charge is 2.26. The molecule has 1 aliphatic carbocycles. The second-order valence-corrected chi connectivity index (χ2v) is 8.18.